The lowest BCUT2D eigenvalue weighted by molar-refractivity contribution is 0.0942. The van der Waals surface area contributed by atoms with Crippen LogP contribution in [-0.4, -0.2) is 65.8 Å². The zero-order chi connectivity index (χ0) is 37.4. The Hall–Kier alpha value is -5.04. The number of nitrogens with two attached hydrogens (primary N) is 1. The molecule has 12 heteroatoms. The molecule has 1 aromatic heterocycles. The Kier molecular flexibility index (Phi) is 12.2. The summed E-state index contributed by atoms with van der Waals surface area (Å²) in [7, 11) is -3.18. The van der Waals surface area contributed by atoms with Gasteiger partial charge in [0.1, 0.15) is 24.7 Å². The monoisotopic (exact) mass is 736 g/mol. The number of nitrogens with one attached hydrogen (secondary N) is 1. The van der Waals surface area contributed by atoms with Crippen LogP contribution in [0.5, 0.6) is 11.5 Å². The molecule has 278 valence electrons. The molecule has 1 aliphatic rings. The maximum Gasteiger partial charge on any atom is 0.289 e. The molecule has 1 saturated heterocycles. The van der Waals surface area contributed by atoms with Crippen molar-refractivity contribution in [3.8, 4) is 28.6 Å². The first-order valence-corrected chi connectivity index (χ1v) is 20.0. The van der Waals surface area contributed by atoms with E-state index in [1.807, 2.05) is 84.9 Å². The van der Waals surface area contributed by atoms with Crippen LogP contribution in [0.1, 0.15) is 65.5 Å². The number of ether oxygens (including phenoxy) is 2. The van der Waals surface area contributed by atoms with Crippen LogP contribution < -0.4 is 20.5 Å². The van der Waals surface area contributed by atoms with Gasteiger partial charge < -0.3 is 20.5 Å². The maximum atomic E-state index is 13.5. The van der Waals surface area contributed by atoms with Crippen molar-refractivity contribution in [3.05, 3.63) is 125 Å². The van der Waals surface area contributed by atoms with Gasteiger partial charge in [0.15, 0.2) is 5.82 Å². The van der Waals surface area contributed by atoms with Gasteiger partial charge in [-0.15, -0.1) is 10.2 Å². The molecule has 0 spiro atoms. The first-order valence-electron chi connectivity index (χ1n) is 18.1. The molecule has 11 nitrogen and oxygen atoms in total. The van der Waals surface area contributed by atoms with Crippen molar-refractivity contribution in [2.45, 2.75) is 52.2 Å². The summed E-state index contributed by atoms with van der Waals surface area (Å²) in [4.78, 5) is 13.5. The van der Waals surface area contributed by atoms with Gasteiger partial charge in [0.25, 0.3) is 5.91 Å². The van der Waals surface area contributed by atoms with Gasteiger partial charge in [0.05, 0.1) is 11.8 Å². The third-order valence-corrected chi connectivity index (χ3v) is 10.8. The van der Waals surface area contributed by atoms with E-state index in [-0.39, 0.29) is 24.8 Å². The Morgan fingerprint density at radius 2 is 1.45 bits per heavy atom. The summed E-state index contributed by atoms with van der Waals surface area (Å²) in [5.74, 6) is 1.89. The molecule has 0 unspecified atom stereocenters. The zero-order valence-electron chi connectivity index (χ0n) is 30.6. The number of rotatable bonds is 15. The van der Waals surface area contributed by atoms with E-state index in [9.17, 15) is 13.2 Å². The molecule has 2 heterocycles. The lowest BCUT2D eigenvalue weighted by atomic mass is 9.91. The van der Waals surface area contributed by atoms with Crippen LogP contribution in [0, 0.1) is 5.92 Å². The van der Waals surface area contributed by atoms with Gasteiger partial charge >= 0.3 is 0 Å². The molecule has 1 fully saturated rings. The second-order valence-electron chi connectivity index (χ2n) is 13.8. The predicted octanol–water partition coefficient (Wildman–Crippen LogP) is 6.12. The largest absolute Gasteiger partial charge is 0.488 e. The van der Waals surface area contributed by atoms with E-state index in [4.69, 9.17) is 15.2 Å². The summed E-state index contributed by atoms with van der Waals surface area (Å²) >= 11 is 0. The van der Waals surface area contributed by atoms with Crippen molar-refractivity contribution in [2.75, 3.05) is 32.4 Å². The summed E-state index contributed by atoms with van der Waals surface area (Å²) in [6, 6.07) is 31.9. The summed E-state index contributed by atoms with van der Waals surface area (Å²) in [5, 5.41) is 11.9. The number of carbonyl (C=O) groups excluding carboxylic acids is 1. The van der Waals surface area contributed by atoms with Crippen molar-refractivity contribution in [1.29, 1.82) is 0 Å². The second-order valence-corrected chi connectivity index (χ2v) is 15.8. The second kappa shape index (κ2) is 17.2. The Morgan fingerprint density at radius 1 is 0.849 bits per heavy atom. The zero-order valence-corrected chi connectivity index (χ0v) is 31.4. The Bertz CT molecular complexity index is 2080. The summed E-state index contributed by atoms with van der Waals surface area (Å²) in [6.07, 6.45) is 3.72. The minimum atomic E-state index is -3.18. The molecule has 1 aliphatic heterocycles. The lowest BCUT2D eigenvalue weighted by Gasteiger charge is -2.30. The lowest BCUT2D eigenvalue weighted by Crippen LogP contribution is -2.38. The van der Waals surface area contributed by atoms with Crippen LogP contribution in [0.15, 0.2) is 97.1 Å². The number of aromatic nitrogens is 3. The van der Waals surface area contributed by atoms with E-state index in [1.54, 1.807) is 8.87 Å². The van der Waals surface area contributed by atoms with Gasteiger partial charge in [-0.25, -0.2) is 12.7 Å². The van der Waals surface area contributed by atoms with Crippen LogP contribution in [0.4, 0.5) is 0 Å². The van der Waals surface area contributed by atoms with Gasteiger partial charge in [-0.05, 0) is 71.6 Å². The molecular weight excluding hydrogens is 689 g/mol. The highest BCUT2D eigenvalue weighted by Crippen LogP contribution is 2.40. The Morgan fingerprint density at radius 3 is 2.02 bits per heavy atom. The van der Waals surface area contributed by atoms with Crippen LogP contribution in [-0.2, 0) is 29.7 Å². The first kappa shape index (κ1) is 37.7. The molecule has 0 saturated carbocycles. The molecule has 4 aromatic carbocycles. The SMILES string of the molecule is CC(C)c1cc(-c2nnc(C(=O)NCCN)n2-c2ccc(CC3CCN(S(C)(=O)=O)CC3)cc2)c(OCc2ccccc2)cc1OCc1ccccc1. The highest BCUT2D eigenvalue weighted by atomic mass is 32.2. The van der Waals surface area contributed by atoms with Crippen molar-refractivity contribution < 1.29 is 22.7 Å². The molecule has 1 amide bonds. The molecule has 0 radical (unpaired) electrons. The predicted molar refractivity (Wildman–Crippen MR) is 207 cm³/mol. The number of nitrogens with zero attached hydrogens (tertiary/aromatic N) is 4. The standard InChI is InChI=1S/C41H48N6O5S/c1-29(2)35-25-36(38(52-28-33-12-8-5-9-13-33)26-37(35)51-27-32-10-6-4-7-11-32)39-44-45-40(41(48)43-21-20-42)47(39)34-16-14-30(15-17-34)24-31-18-22-46(23-19-31)53(3,49)50/h4-17,25-26,29,31H,18-24,27-28,42H2,1-3H3,(H,43,48). The first-order chi connectivity index (χ1) is 25.6. The fourth-order valence-corrected chi connectivity index (χ4v) is 7.47. The number of sulfonamides is 1. The number of carbonyl (C=O) groups is 1. The van der Waals surface area contributed by atoms with E-state index in [0.29, 0.717) is 60.8 Å². The summed E-state index contributed by atoms with van der Waals surface area (Å²) in [5.41, 5.74) is 11.2. The smallest absolute Gasteiger partial charge is 0.289 e. The number of benzene rings is 4. The fraction of sp³-hybridized carbons (Fsp3) is 0.341. The highest BCUT2D eigenvalue weighted by Gasteiger charge is 2.27. The fourth-order valence-electron chi connectivity index (χ4n) is 6.59. The molecular formula is C41H48N6O5S. The maximum absolute atomic E-state index is 13.5. The number of amides is 1. The van der Waals surface area contributed by atoms with Crippen molar-refractivity contribution in [3.63, 3.8) is 0 Å². The highest BCUT2D eigenvalue weighted by molar-refractivity contribution is 7.88. The van der Waals surface area contributed by atoms with E-state index >= 15 is 0 Å². The van der Waals surface area contributed by atoms with Crippen molar-refractivity contribution in [2.24, 2.45) is 11.7 Å². The van der Waals surface area contributed by atoms with Crippen LogP contribution in [0.3, 0.4) is 0 Å². The summed E-state index contributed by atoms with van der Waals surface area (Å²) in [6.45, 7) is 6.56. The van der Waals surface area contributed by atoms with Gasteiger partial charge in [-0.2, -0.15) is 0 Å². The average molecular weight is 737 g/mol. The molecule has 5 aromatic rings. The van der Waals surface area contributed by atoms with E-state index in [0.717, 1.165) is 41.5 Å². The van der Waals surface area contributed by atoms with E-state index < -0.39 is 15.9 Å². The van der Waals surface area contributed by atoms with E-state index in [1.165, 1.54) is 6.26 Å². The third-order valence-electron chi connectivity index (χ3n) is 9.51. The van der Waals surface area contributed by atoms with Crippen molar-refractivity contribution in [1.82, 2.24) is 24.4 Å². The Labute approximate surface area is 312 Å². The topological polar surface area (TPSA) is 142 Å². The molecule has 53 heavy (non-hydrogen) atoms. The summed E-state index contributed by atoms with van der Waals surface area (Å²) < 4.78 is 40.3. The van der Waals surface area contributed by atoms with E-state index in [2.05, 4.69) is 41.5 Å². The number of hydrogen-bond acceptors (Lipinski definition) is 8. The average Bonchev–Trinajstić information content (AvgIpc) is 3.61. The molecule has 6 rings (SSSR count). The van der Waals surface area contributed by atoms with Crippen LogP contribution in [0.2, 0.25) is 0 Å². The molecule has 0 bridgehead atoms. The normalized spacial score (nSPS) is 14.0. The quantitative estimate of drug-likeness (QED) is 0.131. The third kappa shape index (κ3) is 9.50. The van der Waals surface area contributed by atoms with Gasteiger partial charge in [-0.3, -0.25) is 9.36 Å². The van der Waals surface area contributed by atoms with Gasteiger partial charge in [0, 0.05) is 37.9 Å². The molecule has 0 atom stereocenters. The van der Waals surface area contributed by atoms with Gasteiger partial charge in [0.2, 0.25) is 15.8 Å². The number of piperidine rings is 1. The minimum absolute atomic E-state index is 0.0926. The number of hydrogen-bond donors (Lipinski definition) is 2. The Balaban J connectivity index is 1.38. The molecule has 0 aliphatic carbocycles. The van der Waals surface area contributed by atoms with Crippen LogP contribution >= 0.6 is 0 Å². The minimum Gasteiger partial charge on any atom is -0.488 e. The van der Waals surface area contributed by atoms with Gasteiger partial charge in [-0.1, -0.05) is 86.6 Å². The van der Waals surface area contributed by atoms with Crippen LogP contribution in [0.25, 0.3) is 17.1 Å². The molecule has 3 N–H and O–H groups in total. The van der Waals surface area contributed by atoms with Crippen molar-refractivity contribution >= 4 is 15.9 Å².